The summed E-state index contributed by atoms with van der Waals surface area (Å²) in [7, 11) is 4.21. The molecule has 4 heteroatoms. The number of alkyl halides is 1. The highest BCUT2D eigenvalue weighted by Crippen LogP contribution is 2.25. The van der Waals surface area contributed by atoms with Crippen LogP contribution in [0.3, 0.4) is 0 Å². The van der Waals surface area contributed by atoms with Crippen LogP contribution in [0.1, 0.15) is 18.9 Å². The second-order valence-corrected chi connectivity index (χ2v) is 5.80. The van der Waals surface area contributed by atoms with Crippen molar-refractivity contribution < 1.29 is 0 Å². The van der Waals surface area contributed by atoms with E-state index in [9.17, 15) is 0 Å². The summed E-state index contributed by atoms with van der Waals surface area (Å²) in [6, 6.07) is 10.4. The quantitative estimate of drug-likeness (QED) is 0.726. The third kappa shape index (κ3) is 4.08. The summed E-state index contributed by atoms with van der Waals surface area (Å²) in [5.74, 6) is 1.53. The third-order valence-electron chi connectivity index (χ3n) is 3.64. The van der Waals surface area contributed by atoms with Crippen molar-refractivity contribution in [2.75, 3.05) is 38.6 Å². The van der Waals surface area contributed by atoms with Crippen LogP contribution in [0.2, 0.25) is 0 Å². The number of benzene rings is 1. The molecule has 0 saturated heterocycles. The number of halogens is 1. The van der Waals surface area contributed by atoms with E-state index in [4.69, 9.17) is 16.6 Å². The number of aromatic nitrogens is 1. The van der Waals surface area contributed by atoms with Crippen LogP contribution >= 0.6 is 11.6 Å². The SMILES string of the molecule is CCN(CCCN(C)C)c1nc2ccccc2cc1CCl. The molecule has 0 radical (unpaired) electrons. The lowest BCUT2D eigenvalue weighted by Gasteiger charge is -2.25. The highest BCUT2D eigenvalue weighted by molar-refractivity contribution is 6.17. The number of rotatable bonds is 7. The monoisotopic (exact) mass is 305 g/mol. The van der Waals surface area contributed by atoms with Crippen LogP contribution in [-0.2, 0) is 5.88 Å². The van der Waals surface area contributed by atoms with E-state index in [0.717, 1.165) is 48.3 Å². The molecule has 0 fully saturated rings. The van der Waals surface area contributed by atoms with Gasteiger partial charge in [0.2, 0.25) is 0 Å². The molecule has 0 unspecified atom stereocenters. The van der Waals surface area contributed by atoms with Crippen LogP contribution in [0.25, 0.3) is 10.9 Å². The molecule has 1 heterocycles. The lowest BCUT2D eigenvalue weighted by molar-refractivity contribution is 0.400. The van der Waals surface area contributed by atoms with Gasteiger partial charge in [0.1, 0.15) is 5.82 Å². The molecular formula is C17H24ClN3. The molecule has 1 aromatic carbocycles. The predicted octanol–water partition coefficient (Wildman–Crippen LogP) is 3.75. The average molecular weight is 306 g/mol. The molecule has 0 N–H and O–H groups in total. The Morgan fingerprint density at radius 1 is 1.14 bits per heavy atom. The lowest BCUT2D eigenvalue weighted by atomic mass is 10.1. The second kappa shape index (κ2) is 7.62. The number of nitrogens with zero attached hydrogens (tertiary/aromatic N) is 3. The van der Waals surface area contributed by atoms with E-state index in [1.54, 1.807) is 0 Å². The first-order valence-electron chi connectivity index (χ1n) is 7.50. The van der Waals surface area contributed by atoms with Gasteiger partial charge in [-0.3, -0.25) is 0 Å². The number of anilines is 1. The summed E-state index contributed by atoms with van der Waals surface area (Å²) in [5.41, 5.74) is 2.15. The van der Waals surface area contributed by atoms with Crippen molar-refractivity contribution in [2.45, 2.75) is 19.2 Å². The van der Waals surface area contributed by atoms with Gasteiger partial charge in [-0.1, -0.05) is 18.2 Å². The van der Waals surface area contributed by atoms with Gasteiger partial charge in [-0.15, -0.1) is 11.6 Å². The molecule has 0 bridgehead atoms. The van der Waals surface area contributed by atoms with E-state index in [2.05, 4.69) is 49.0 Å². The molecule has 0 aliphatic rings. The summed E-state index contributed by atoms with van der Waals surface area (Å²) in [4.78, 5) is 9.38. The van der Waals surface area contributed by atoms with Crippen molar-refractivity contribution in [2.24, 2.45) is 0 Å². The molecule has 21 heavy (non-hydrogen) atoms. The molecule has 0 saturated carbocycles. The number of hydrogen-bond donors (Lipinski definition) is 0. The summed E-state index contributed by atoms with van der Waals surface area (Å²) < 4.78 is 0. The van der Waals surface area contributed by atoms with Crippen LogP contribution < -0.4 is 4.90 Å². The zero-order valence-corrected chi connectivity index (χ0v) is 13.9. The standard InChI is InChI=1S/C17H24ClN3/c1-4-21(11-7-10-20(2)3)17-15(13-18)12-14-8-5-6-9-16(14)19-17/h5-6,8-9,12H,4,7,10-11,13H2,1-3H3. The lowest BCUT2D eigenvalue weighted by Crippen LogP contribution is -2.28. The maximum absolute atomic E-state index is 6.14. The Kier molecular flexibility index (Phi) is 5.83. The van der Waals surface area contributed by atoms with E-state index < -0.39 is 0 Å². The van der Waals surface area contributed by atoms with E-state index in [1.807, 2.05) is 12.1 Å². The highest BCUT2D eigenvalue weighted by Gasteiger charge is 2.12. The number of fused-ring (bicyclic) bond motifs is 1. The molecule has 0 spiro atoms. The minimum Gasteiger partial charge on any atom is -0.357 e. The van der Waals surface area contributed by atoms with Gasteiger partial charge in [-0.05, 0) is 46.1 Å². The number of hydrogen-bond acceptors (Lipinski definition) is 3. The molecule has 0 amide bonds. The van der Waals surface area contributed by atoms with Crippen molar-refractivity contribution in [1.29, 1.82) is 0 Å². The fraction of sp³-hybridized carbons (Fsp3) is 0.471. The van der Waals surface area contributed by atoms with Gasteiger partial charge in [-0.2, -0.15) is 0 Å². The van der Waals surface area contributed by atoms with Crippen molar-refractivity contribution >= 4 is 28.3 Å². The molecule has 114 valence electrons. The van der Waals surface area contributed by atoms with Crippen LogP contribution in [0.15, 0.2) is 30.3 Å². The Morgan fingerprint density at radius 2 is 1.90 bits per heavy atom. The van der Waals surface area contributed by atoms with Gasteiger partial charge in [0.05, 0.1) is 11.4 Å². The smallest absolute Gasteiger partial charge is 0.133 e. The van der Waals surface area contributed by atoms with Gasteiger partial charge in [0.25, 0.3) is 0 Å². The van der Waals surface area contributed by atoms with Gasteiger partial charge < -0.3 is 9.80 Å². The Balaban J connectivity index is 2.28. The molecular weight excluding hydrogens is 282 g/mol. The van der Waals surface area contributed by atoms with Gasteiger partial charge >= 0.3 is 0 Å². The Bertz CT molecular complexity index is 583. The van der Waals surface area contributed by atoms with Crippen molar-refractivity contribution in [3.63, 3.8) is 0 Å². The van der Waals surface area contributed by atoms with Crippen LogP contribution in [0.5, 0.6) is 0 Å². The number of pyridine rings is 1. The van der Waals surface area contributed by atoms with Crippen LogP contribution in [-0.4, -0.2) is 43.6 Å². The summed E-state index contributed by atoms with van der Waals surface area (Å²) in [6.45, 7) is 5.21. The predicted molar refractivity (Wildman–Crippen MR) is 92.4 cm³/mol. The van der Waals surface area contributed by atoms with Gasteiger partial charge in [0.15, 0.2) is 0 Å². The van der Waals surface area contributed by atoms with Crippen molar-refractivity contribution in [3.05, 3.63) is 35.9 Å². The zero-order valence-electron chi connectivity index (χ0n) is 13.1. The fourth-order valence-corrected chi connectivity index (χ4v) is 2.71. The maximum Gasteiger partial charge on any atom is 0.133 e. The first-order valence-corrected chi connectivity index (χ1v) is 8.03. The normalized spacial score (nSPS) is 11.3. The Labute approximate surface area is 132 Å². The molecule has 0 aliphatic carbocycles. The molecule has 0 aliphatic heterocycles. The van der Waals surface area contributed by atoms with Gasteiger partial charge in [-0.25, -0.2) is 4.98 Å². The molecule has 0 atom stereocenters. The number of para-hydroxylation sites is 1. The van der Waals surface area contributed by atoms with E-state index in [1.165, 1.54) is 0 Å². The molecule has 1 aromatic heterocycles. The van der Waals surface area contributed by atoms with Gasteiger partial charge in [0, 0.05) is 24.0 Å². The molecule has 2 aromatic rings. The van der Waals surface area contributed by atoms with Crippen LogP contribution in [0.4, 0.5) is 5.82 Å². The summed E-state index contributed by atoms with van der Waals surface area (Å²) in [5, 5.41) is 1.15. The first-order chi connectivity index (χ1) is 10.2. The van der Waals surface area contributed by atoms with E-state index in [0.29, 0.717) is 5.88 Å². The third-order valence-corrected chi connectivity index (χ3v) is 3.93. The Morgan fingerprint density at radius 3 is 2.57 bits per heavy atom. The second-order valence-electron chi connectivity index (χ2n) is 5.53. The largest absolute Gasteiger partial charge is 0.357 e. The average Bonchev–Trinajstić information content (AvgIpc) is 2.50. The highest BCUT2D eigenvalue weighted by atomic mass is 35.5. The molecule has 2 rings (SSSR count). The van der Waals surface area contributed by atoms with Crippen LogP contribution in [0, 0.1) is 0 Å². The minimum atomic E-state index is 0.497. The molecule has 3 nitrogen and oxygen atoms in total. The summed E-state index contributed by atoms with van der Waals surface area (Å²) in [6.07, 6.45) is 1.12. The van der Waals surface area contributed by atoms with E-state index in [-0.39, 0.29) is 0 Å². The maximum atomic E-state index is 6.14. The first kappa shape index (κ1) is 16.1. The summed E-state index contributed by atoms with van der Waals surface area (Å²) >= 11 is 6.14. The minimum absolute atomic E-state index is 0.497. The zero-order chi connectivity index (χ0) is 15.2. The Hall–Kier alpha value is -1.32. The van der Waals surface area contributed by atoms with E-state index >= 15 is 0 Å². The topological polar surface area (TPSA) is 19.4 Å². The van der Waals surface area contributed by atoms with Crippen molar-refractivity contribution in [1.82, 2.24) is 9.88 Å². The van der Waals surface area contributed by atoms with Crippen molar-refractivity contribution in [3.8, 4) is 0 Å². The fourth-order valence-electron chi connectivity index (χ4n) is 2.51.